The largest absolute Gasteiger partial charge is 0.294 e. The Bertz CT molecular complexity index is 1520. The number of hydrogen-bond donors (Lipinski definition) is 2. The van der Waals surface area contributed by atoms with Gasteiger partial charge in [0.1, 0.15) is 4.90 Å². The average Bonchev–Trinajstić information content (AvgIpc) is 2.79. The molecule has 182 valence electrons. The third kappa shape index (κ3) is 7.15. The fourth-order valence-corrected chi connectivity index (χ4v) is 4.34. The van der Waals surface area contributed by atoms with Gasteiger partial charge >= 0.3 is 0 Å². The highest BCUT2D eigenvalue weighted by molar-refractivity contribution is 14.1. The minimum Gasteiger partial charge on any atom is -0.282 e. The molecule has 0 amide bonds. The van der Waals surface area contributed by atoms with Crippen molar-refractivity contribution >= 4 is 59.9 Å². The van der Waals surface area contributed by atoms with Gasteiger partial charge < -0.3 is 0 Å². The maximum atomic E-state index is 12.0. The predicted molar refractivity (Wildman–Crippen MR) is 130 cm³/mol. The zero-order valence-electron chi connectivity index (χ0n) is 17.2. The minimum absolute atomic E-state index is 0.160. The Kier molecular flexibility index (Phi) is 8.00. The first kappa shape index (κ1) is 26.4. The van der Waals surface area contributed by atoms with Gasteiger partial charge in [-0.2, -0.15) is 37.3 Å². The highest BCUT2D eigenvalue weighted by Gasteiger charge is 2.25. The summed E-state index contributed by atoms with van der Waals surface area (Å²) in [5.41, 5.74) is 0.0603. The third-order valence-corrected chi connectivity index (χ3v) is 6.77. The van der Waals surface area contributed by atoms with Crippen LogP contribution >= 0.6 is 22.6 Å². The first-order chi connectivity index (χ1) is 16.3. The lowest BCUT2D eigenvalue weighted by Crippen LogP contribution is -2.08. The standard InChI is InChI=1S/C19H14IN5O8S2/c20-12-1-3-13(4-2-12)21-23-19(24-22-14-5-7-15(8-6-14)25(26)27)17-10-9-16(34(28,29)30)11-18(17)35(31,32)33/h1-11,19H,(H,28,29,30)(H,31,32,33). The molecule has 16 heteroatoms. The summed E-state index contributed by atoms with van der Waals surface area (Å²) in [7, 11) is -9.80. The normalized spacial score (nSPS) is 13.3. The quantitative estimate of drug-likeness (QED) is 0.110. The van der Waals surface area contributed by atoms with Crippen LogP contribution < -0.4 is 0 Å². The van der Waals surface area contributed by atoms with E-state index in [0.29, 0.717) is 11.8 Å². The van der Waals surface area contributed by atoms with Gasteiger partial charge in [0.2, 0.25) is 6.17 Å². The van der Waals surface area contributed by atoms with Gasteiger partial charge in [0.15, 0.2) is 0 Å². The van der Waals surface area contributed by atoms with Crippen LogP contribution in [-0.4, -0.2) is 30.9 Å². The van der Waals surface area contributed by atoms with E-state index in [1.165, 1.54) is 24.3 Å². The first-order valence-corrected chi connectivity index (χ1v) is 13.2. The van der Waals surface area contributed by atoms with Crippen LogP contribution in [-0.2, 0) is 20.2 Å². The number of non-ortho nitro benzene ring substituents is 1. The molecule has 35 heavy (non-hydrogen) atoms. The van der Waals surface area contributed by atoms with E-state index in [2.05, 4.69) is 43.0 Å². The summed E-state index contributed by atoms with van der Waals surface area (Å²) in [5, 5.41) is 26.7. The van der Waals surface area contributed by atoms with Crippen molar-refractivity contribution in [2.45, 2.75) is 16.0 Å². The number of azo groups is 2. The van der Waals surface area contributed by atoms with Gasteiger partial charge in [-0.05, 0) is 71.1 Å². The van der Waals surface area contributed by atoms with Crippen LogP contribution in [0.3, 0.4) is 0 Å². The number of nitro groups is 1. The van der Waals surface area contributed by atoms with E-state index in [9.17, 15) is 36.1 Å². The molecular weight excluding hydrogens is 617 g/mol. The average molecular weight is 631 g/mol. The second-order valence-electron chi connectivity index (χ2n) is 6.70. The molecule has 0 bridgehead atoms. The Labute approximate surface area is 212 Å². The number of halogens is 1. The lowest BCUT2D eigenvalue weighted by atomic mass is 10.2. The van der Waals surface area contributed by atoms with E-state index in [1.54, 1.807) is 24.3 Å². The van der Waals surface area contributed by atoms with Crippen molar-refractivity contribution in [1.29, 1.82) is 0 Å². The number of nitrogens with zero attached hydrogens (tertiary/aromatic N) is 5. The SMILES string of the molecule is O=[N+]([O-])c1ccc(N=NC(N=Nc2ccc(I)cc2)c2ccc(S(=O)(=O)O)cc2S(=O)(=O)O)cc1. The Morgan fingerprint density at radius 2 is 1.31 bits per heavy atom. The summed E-state index contributed by atoms with van der Waals surface area (Å²) in [6.07, 6.45) is -1.49. The summed E-state index contributed by atoms with van der Waals surface area (Å²) >= 11 is 2.08. The smallest absolute Gasteiger partial charge is 0.282 e. The van der Waals surface area contributed by atoms with Crippen LogP contribution in [0.25, 0.3) is 0 Å². The Hall–Kier alpha value is -3.19. The van der Waals surface area contributed by atoms with E-state index in [0.717, 1.165) is 15.7 Å². The number of nitro benzene ring substituents is 1. The molecule has 0 fully saturated rings. The summed E-state index contributed by atoms with van der Waals surface area (Å²) in [4.78, 5) is 8.54. The van der Waals surface area contributed by atoms with E-state index in [4.69, 9.17) is 0 Å². The van der Waals surface area contributed by atoms with Crippen LogP contribution in [0.2, 0.25) is 0 Å². The van der Waals surface area contributed by atoms with Crippen molar-refractivity contribution in [3.63, 3.8) is 0 Å². The van der Waals surface area contributed by atoms with Crippen LogP contribution in [0.1, 0.15) is 11.7 Å². The molecule has 3 aromatic rings. The van der Waals surface area contributed by atoms with Gasteiger partial charge in [-0.25, -0.2) is 0 Å². The van der Waals surface area contributed by atoms with Crippen molar-refractivity contribution in [3.8, 4) is 0 Å². The highest BCUT2D eigenvalue weighted by Crippen LogP contribution is 2.32. The molecule has 3 rings (SSSR count). The van der Waals surface area contributed by atoms with Crippen LogP contribution in [0, 0.1) is 13.7 Å². The number of benzene rings is 3. The van der Waals surface area contributed by atoms with E-state index < -0.39 is 41.1 Å². The molecule has 0 aromatic heterocycles. The van der Waals surface area contributed by atoms with Gasteiger partial charge in [0.05, 0.1) is 21.2 Å². The van der Waals surface area contributed by atoms with Crippen molar-refractivity contribution in [2.24, 2.45) is 20.5 Å². The van der Waals surface area contributed by atoms with Crippen LogP contribution in [0.5, 0.6) is 0 Å². The Morgan fingerprint density at radius 3 is 1.77 bits per heavy atom. The molecule has 3 aromatic carbocycles. The van der Waals surface area contributed by atoms with E-state index >= 15 is 0 Å². The highest BCUT2D eigenvalue weighted by atomic mass is 127. The summed E-state index contributed by atoms with van der Waals surface area (Å²) in [6.45, 7) is 0. The molecule has 0 heterocycles. The molecule has 0 saturated heterocycles. The van der Waals surface area contributed by atoms with Crippen molar-refractivity contribution < 1.29 is 30.9 Å². The summed E-state index contributed by atoms with van der Waals surface area (Å²) in [5.74, 6) is 0. The lowest BCUT2D eigenvalue weighted by molar-refractivity contribution is -0.384. The van der Waals surface area contributed by atoms with Gasteiger partial charge in [-0.15, -0.1) is 0 Å². The zero-order valence-corrected chi connectivity index (χ0v) is 21.0. The molecule has 0 aliphatic carbocycles. The monoisotopic (exact) mass is 631 g/mol. The molecular formula is C19H14IN5O8S2. The minimum atomic E-state index is -5.00. The maximum absolute atomic E-state index is 12.0. The fraction of sp³-hybridized carbons (Fsp3) is 0.0526. The number of rotatable bonds is 8. The molecule has 0 radical (unpaired) electrons. The molecule has 0 spiro atoms. The molecule has 1 unspecified atom stereocenters. The van der Waals surface area contributed by atoms with Crippen LogP contribution in [0.15, 0.2) is 97.0 Å². The van der Waals surface area contributed by atoms with Gasteiger partial charge in [-0.1, -0.05) is 6.07 Å². The van der Waals surface area contributed by atoms with Gasteiger partial charge in [0.25, 0.3) is 25.9 Å². The Morgan fingerprint density at radius 1 is 0.800 bits per heavy atom. The van der Waals surface area contributed by atoms with E-state index in [-0.39, 0.29) is 16.9 Å². The second kappa shape index (κ2) is 10.6. The predicted octanol–water partition coefficient (Wildman–Crippen LogP) is 5.26. The van der Waals surface area contributed by atoms with E-state index in [1.807, 2.05) is 0 Å². The number of hydrogen-bond acceptors (Lipinski definition) is 10. The van der Waals surface area contributed by atoms with Crippen molar-refractivity contribution in [3.05, 3.63) is 86.0 Å². The molecule has 2 N–H and O–H groups in total. The summed E-state index contributed by atoms with van der Waals surface area (Å²) < 4.78 is 66.8. The third-order valence-electron chi connectivity index (χ3n) is 4.29. The van der Waals surface area contributed by atoms with Gasteiger partial charge in [-0.3, -0.25) is 19.2 Å². The second-order valence-corrected chi connectivity index (χ2v) is 10.8. The van der Waals surface area contributed by atoms with Crippen LogP contribution in [0.4, 0.5) is 17.1 Å². The first-order valence-electron chi connectivity index (χ1n) is 9.25. The maximum Gasteiger partial charge on any atom is 0.294 e. The fourth-order valence-electron chi connectivity index (χ4n) is 2.65. The zero-order chi connectivity index (χ0) is 25.8. The molecule has 13 nitrogen and oxygen atoms in total. The van der Waals surface area contributed by atoms with Crippen molar-refractivity contribution in [1.82, 2.24) is 0 Å². The lowest BCUT2D eigenvalue weighted by Gasteiger charge is -2.11. The molecule has 0 aliphatic heterocycles. The molecule has 1 atom stereocenters. The summed E-state index contributed by atoms with van der Waals surface area (Å²) in [6, 6.07) is 14.1. The van der Waals surface area contributed by atoms with Crippen molar-refractivity contribution in [2.75, 3.05) is 0 Å². The Balaban J connectivity index is 2.11. The molecule has 0 saturated carbocycles. The molecule has 0 aliphatic rings. The topological polar surface area (TPSA) is 201 Å². The van der Waals surface area contributed by atoms with Gasteiger partial charge in [0, 0.05) is 21.3 Å².